The lowest BCUT2D eigenvalue weighted by molar-refractivity contribution is -0.123. The largest absolute Gasteiger partial charge is 0.354 e. The molecule has 0 bridgehead atoms. The number of carbonyl (C=O) groups is 2. The monoisotopic (exact) mass is 493 g/mol. The summed E-state index contributed by atoms with van der Waals surface area (Å²) in [7, 11) is -3.69. The van der Waals surface area contributed by atoms with E-state index in [1.807, 2.05) is 26.0 Å². The zero-order valence-electron chi connectivity index (χ0n) is 19.5. The summed E-state index contributed by atoms with van der Waals surface area (Å²) in [5.41, 5.74) is 1.22. The van der Waals surface area contributed by atoms with E-state index in [4.69, 9.17) is 11.6 Å². The van der Waals surface area contributed by atoms with Gasteiger partial charge < -0.3 is 10.6 Å². The lowest BCUT2D eigenvalue weighted by Crippen LogP contribution is -2.50. The molecule has 0 saturated heterocycles. The van der Waals surface area contributed by atoms with Gasteiger partial charge in [0, 0.05) is 30.2 Å². The first-order valence-corrected chi connectivity index (χ1v) is 12.8. The molecule has 7 nitrogen and oxygen atoms in total. The van der Waals surface area contributed by atoms with Crippen LogP contribution in [-0.2, 0) is 21.2 Å². The maximum Gasteiger partial charge on any atom is 0.251 e. The average Bonchev–Trinajstić information content (AvgIpc) is 2.79. The highest BCUT2D eigenvalue weighted by Crippen LogP contribution is 2.17. The van der Waals surface area contributed by atoms with Gasteiger partial charge in [-0.2, -0.15) is 4.31 Å². The molecule has 180 valence electrons. The number of benzene rings is 2. The summed E-state index contributed by atoms with van der Waals surface area (Å²) >= 11 is 5.89. The van der Waals surface area contributed by atoms with E-state index in [0.717, 1.165) is 5.56 Å². The van der Waals surface area contributed by atoms with Crippen molar-refractivity contribution in [2.75, 3.05) is 19.6 Å². The van der Waals surface area contributed by atoms with Gasteiger partial charge in [0.15, 0.2) is 0 Å². The van der Waals surface area contributed by atoms with E-state index >= 15 is 0 Å². The molecule has 2 aromatic rings. The van der Waals surface area contributed by atoms with Crippen LogP contribution in [-0.4, -0.2) is 50.2 Å². The Kier molecular flexibility index (Phi) is 9.88. The van der Waals surface area contributed by atoms with Gasteiger partial charge >= 0.3 is 0 Å². The van der Waals surface area contributed by atoms with Crippen molar-refractivity contribution in [1.29, 1.82) is 0 Å². The first-order valence-electron chi connectivity index (χ1n) is 11.0. The fourth-order valence-corrected chi connectivity index (χ4v) is 4.99. The van der Waals surface area contributed by atoms with E-state index in [-0.39, 0.29) is 22.3 Å². The predicted octanol–water partition coefficient (Wildman–Crippen LogP) is 3.48. The van der Waals surface area contributed by atoms with E-state index in [1.54, 1.807) is 26.0 Å². The van der Waals surface area contributed by atoms with Gasteiger partial charge in [0.25, 0.3) is 5.91 Å². The highest BCUT2D eigenvalue weighted by molar-refractivity contribution is 7.89. The minimum atomic E-state index is -3.69. The van der Waals surface area contributed by atoms with E-state index in [2.05, 4.69) is 10.6 Å². The molecule has 0 fully saturated rings. The molecule has 33 heavy (non-hydrogen) atoms. The summed E-state index contributed by atoms with van der Waals surface area (Å²) in [5, 5.41) is 6.26. The van der Waals surface area contributed by atoms with Gasteiger partial charge in [0.1, 0.15) is 6.04 Å². The van der Waals surface area contributed by atoms with Crippen LogP contribution in [0.25, 0.3) is 0 Å². The van der Waals surface area contributed by atoms with Gasteiger partial charge in [-0.25, -0.2) is 8.42 Å². The second-order valence-electron chi connectivity index (χ2n) is 7.98. The summed E-state index contributed by atoms with van der Waals surface area (Å²) in [4.78, 5) is 25.7. The van der Waals surface area contributed by atoms with Gasteiger partial charge in [-0.05, 0) is 48.2 Å². The molecule has 0 spiro atoms. The van der Waals surface area contributed by atoms with E-state index in [1.165, 1.54) is 28.6 Å². The third kappa shape index (κ3) is 7.28. The molecule has 2 amide bonds. The van der Waals surface area contributed by atoms with Gasteiger partial charge in [0.2, 0.25) is 15.9 Å². The fourth-order valence-electron chi connectivity index (χ4n) is 3.36. The number of hydrogen-bond acceptors (Lipinski definition) is 4. The molecular formula is C24H32ClN3O4S. The van der Waals surface area contributed by atoms with Gasteiger partial charge in [-0.15, -0.1) is 0 Å². The van der Waals surface area contributed by atoms with E-state index in [0.29, 0.717) is 31.1 Å². The number of sulfonamides is 1. The molecule has 0 aliphatic rings. The SMILES string of the molecule is CCN(CC)S(=O)(=O)c1cccc(C(=O)N[C@H](C(=O)NCCc2ccc(Cl)cc2)C(C)C)c1. The maximum absolute atomic E-state index is 12.9. The number of carbonyl (C=O) groups excluding carboxylic acids is 2. The second kappa shape index (κ2) is 12.2. The number of nitrogens with zero attached hydrogens (tertiary/aromatic N) is 1. The van der Waals surface area contributed by atoms with Crippen LogP contribution in [0.2, 0.25) is 5.02 Å². The lowest BCUT2D eigenvalue weighted by Gasteiger charge is -2.22. The molecule has 0 unspecified atom stereocenters. The molecule has 0 aliphatic heterocycles. The van der Waals surface area contributed by atoms with Crippen LogP contribution in [0.3, 0.4) is 0 Å². The third-order valence-corrected chi connectivity index (χ3v) is 7.60. The molecule has 2 N–H and O–H groups in total. The summed E-state index contributed by atoms with van der Waals surface area (Å²) in [5.74, 6) is -0.954. The fraction of sp³-hybridized carbons (Fsp3) is 0.417. The molecule has 0 radical (unpaired) electrons. The van der Waals surface area contributed by atoms with E-state index in [9.17, 15) is 18.0 Å². The molecule has 0 heterocycles. The second-order valence-corrected chi connectivity index (χ2v) is 10.4. The van der Waals surface area contributed by atoms with Crippen molar-refractivity contribution < 1.29 is 18.0 Å². The minimum Gasteiger partial charge on any atom is -0.354 e. The van der Waals surface area contributed by atoms with Crippen LogP contribution in [0.15, 0.2) is 53.4 Å². The molecular weight excluding hydrogens is 462 g/mol. The van der Waals surface area contributed by atoms with Gasteiger partial charge in [-0.3, -0.25) is 9.59 Å². The first kappa shape index (κ1) is 26.8. The molecule has 9 heteroatoms. The number of nitrogens with one attached hydrogen (secondary N) is 2. The highest BCUT2D eigenvalue weighted by atomic mass is 35.5. The van der Waals surface area contributed by atoms with Gasteiger partial charge in [0.05, 0.1) is 4.90 Å². The van der Waals surface area contributed by atoms with Crippen molar-refractivity contribution in [1.82, 2.24) is 14.9 Å². The van der Waals surface area contributed by atoms with Crippen molar-refractivity contribution in [3.63, 3.8) is 0 Å². The average molecular weight is 494 g/mol. The van der Waals surface area contributed by atoms with Crippen molar-refractivity contribution in [3.8, 4) is 0 Å². The molecule has 0 aliphatic carbocycles. The summed E-state index contributed by atoms with van der Waals surface area (Å²) < 4.78 is 26.9. The number of hydrogen-bond donors (Lipinski definition) is 2. The molecule has 2 aromatic carbocycles. The van der Waals surface area contributed by atoms with Crippen LogP contribution in [0.4, 0.5) is 0 Å². The highest BCUT2D eigenvalue weighted by Gasteiger charge is 2.26. The summed E-state index contributed by atoms with van der Waals surface area (Å²) in [6.07, 6.45) is 0.632. The molecule has 0 aromatic heterocycles. The van der Waals surface area contributed by atoms with Crippen LogP contribution in [0.1, 0.15) is 43.6 Å². The predicted molar refractivity (Wildman–Crippen MR) is 131 cm³/mol. The molecule has 0 saturated carbocycles. The Hall–Kier alpha value is -2.42. The Morgan fingerprint density at radius 1 is 1.03 bits per heavy atom. The standard InChI is InChI=1S/C24H32ClN3O4S/c1-5-28(6-2)33(31,32)21-9-7-8-19(16-21)23(29)27-22(17(3)4)24(30)26-15-14-18-10-12-20(25)13-11-18/h7-13,16-17,22H,5-6,14-15H2,1-4H3,(H,26,30)(H,27,29)/t22-/m0/s1. The third-order valence-electron chi connectivity index (χ3n) is 5.30. The number of rotatable bonds is 11. The minimum absolute atomic E-state index is 0.0485. The Balaban J connectivity index is 2.07. The van der Waals surface area contributed by atoms with Crippen molar-refractivity contribution in [2.24, 2.45) is 5.92 Å². The van der Waals surface area contributed by atoms with Gasteiger partial charge in [-0.1, -0.05) is 57.5 Å². The smallest absolute Gasteiger partial charge is 0.251 e. The van der Waals surface area contributed by atoms with Crippen LogP contribution in [0, 0.1) is 5.92 Å². The van der Waals surface area contributed by atoms with Crippen LogP contribution in [0.5, 0.6) is 0 Å². The maximum atomic E-state index is 12.9. The Morgan fingerprint density at radius 2 is 1.67 bits per heavy atom. The van der Waals surface area contributed by atoms with Crippen LogP contribution < -0.4 is 10.6 Å². The first-order chi connectivity index (χ1) is 15.6. The number of amides is 2. The quantitative estimate of drug-likeness (QED) is 0.501. The lowest BCUT2D eigenvalue weighted by atomic mass is 10.0. The number of halogens is 1. The normalized spacial score (nSPS) is 12.6. The Bertz CT molecular complexity index is 1050. The Morgan fingerprint density at radius 3 is 2.24 bits per heavy atom. The molecule has 1 atom stereocenters. The van der Waals surface area contributed by atoms with Crippen molar-refractivity contribution in [2.45, 2.75) is 45.1 Å². The summed E-state index contributed by atoms with van der Waals surface area (Å²) in [6, 6.07) is 12.5. The zero-order chi connectivity index (χ0) is 24.6. The Labute approximate surface area is 201 Å². The van der Waals surface area contributed by atoms with Crippen molar-refractivity contribution in [3.05, 3.63) is 64.7 Å². The molecule has 2 rings (SSSR count). The van der Waals surface area contributed by atoms with Crippen LogP contribution >= 0.6 is 11.6 Å². The topological polar surface area (TPSA) is 95.6 Å². The van der Waals surface area contributed by atoms with E-state index < -0.39 is 22.0 Å². The zero-order valence-corrected chi connectivity index (χ0v) is 21.0. The van der Waals surface area contributed by atoms with Crippen molar-refractivity contribution >= 4 is 33.4 Å². The summed E-state index contributed by atoms with van der Waals surface area (Å²) in [6.45, 7) is 8.28.